The van der Waals surface area contributed by atoms with Crippen molar-refractivity contribution in [3.63, 3.8) is 0 Å². The first-order valence-corrected chi connectivity index (χ1v) is 7.63. The van der Waals surface area contributed by atoms with Crippen LogP contribution in [0.25, 0.3) is 0 Å². The summed E-state index contributed by atoms with van der Waals surface area (Å²) in [5.41, 5.74) is 10.2. The van der Waals surface area contributed by atoms with E-state index in [2.05, 4.69) is 50.9 Å². The molecule has 1 saturated heterocycles. The van der Waals surface area contributed by atoms with Gasteiger partial charge in [0.25, 0.3) is 0 Å². The summed E-state index contributed by atoms with van der Waals surface area (Å²) in [6.07, 6.45) is 2.47. The molecule has 1 aromatic carbocycles. The van der Waals surface area contributed by atoms with E-state index in [1.807, 2.05) is 0 Å². The maximum Gasteiger partial charge on any atom is 0.0702 e. The van der Waals surface area contributed by atoms with Crippen LogP contribution in [0.2, 0.25) is 0 Å². The molecule has 1 aromatic rings. The Morgan fingerprint density at radius 2 is 1.95 bits per heavy atom. The lowest BCUT2D eigenvalue weighted by Gasteiger charge is -2.27. The first-order chi connectivity index (χ1) is 9.47. The van der Waals surface area contributed by atoms with Crippen molar-refractivity contribution in [3.8, 4) is 0 Å². The second kappa shape index (κ2) is 6.70. The molecule has 20 heavy (non-hydrogen) atoms. The predicted octanol–water partition coefficient (Wildman–Crippen LogP) is 2.80. The first kappa shape index (κ1) is 15.5. The monoisotopic (exact) mass is 276 g/mol. The van der Waals surface area contributed by atoms with Gasteiger partial charge in [-0.25, -0.2) is 0 Å². The van der Waals surface area contributed by atoms with Gasteiger partial charge in [0.1, 0.15) is 0 Å². The van der Waals surface area contributed by atoms with Crippen LogP contribution in [0.3, 0.4) is 0 Å². The number of nitrogens with two attached hydrogens (primary N) is 1. The zero-order chi connectivity index (χ0) is 14.7. The number of ether oxygens (including phenoxy) is 1. The topological polar surface area (TPSA) is 38.5 Å². The lowest BCUT2D eigenvalue weighted by Crippen LogP contribution is -2.38. The lowest BCUT2D eigenvalue weighted by atomic mass is 9.99. The molecule has 1 heterocycles. The third-order valence-corrected chi connectivity index (χ3v) is 4.37. The molecule has 3 atom stereocenters. The van der Waals surface area contributed by atoms with Crippen LogP contribution < -0.4 is 5.73 Å². The highest BCUT2D eigenvalue weighted by Gasteiger charge is 2.27. The molecule has 1 aliphatic rings. The zero-order valence-electron chi connectivity index (χ0n) is 13.2. The number of hydrogen-bond donors (Lipinski definition) is 1. The molecule has 0 amide bonds. The second-order valence-corrected chi connectivity index (χ2v) is 6.23. The highest BCUT2D eigenvalue weighted by Crippen LogP contribution is 2.21. The quantitative estimate of drug-likeness (QED) is 0.898. The number of nitrogens with zero attached hydrogens (tertiary/aromatic N) is 1. The molecule has 0 spiro atoms. The van der Waals surface area contributed by atoms with E-state index in [1.54, 1.807) is 0 Å². The van der Waals surface area contributed by atoms with E-state index in [9.17, 15) is 0 Å². The van der Waals surface area contributed by atoms with Crippen molar-refractivity contribution in [2.45, 2.75) is 51.8 Å². The summed E-state index contributed by atoms with van der Waals surface area (Å²) in [6.45, 7) is 8.34. The Hall–Kier alpha value is -0.900. The van der Waals surface area contributed by atoms with Gasteiger partial charge >= 0.3 is 0 Å². The van der Waals surface area contributed by atoms with Gasteiger partial charge in [-0.05, 0) is 46.2 Å². The SMILES string of the molecule is Cc1cc(C)cc(C(N)CCN(C)C2CCOC2C)c1. The molecule has 2 N–H and O–H groups in total. The highest BCUT2D eigenvalue weighted by molar-refractivity contribution is 5.30. The van der Waals surface area contributed by atoms with E-state index < -0.39 is 0 Å². The van der Waals surface area contributed by atoms with Crippen molar-refractivity contribution in [3.05, 3.63) is 34.9 Å². The molecule has 1 fully saturated rings. The average Bonchev–Trinajstić information content (AvgIpc) is 2.80. The fraction of sp³-hybridized carbons (Fsp3) is 0.647. The van der Waals surface area contributed by atoms with E-state index >= 15 is 0 Å². The highest BCUT2D eigenvalue weighted by atomic mass is 16.5. The molecule has 0 aromatic heterocycles. The fourth-order valence-electron chi connectivity index (χ4n) is 3.20. The number of benzene rings is 1. The first-order valence-electron chi connectivity index (χ1n) is 7.63. The third kappa shape index (κ3) is 3.81. The van der Waals surface area contributed by atoms with Gasteiger partial charge < -0.3 is 15.4 Å². The molecule has 0 aliphatic carbocycles. The van der Waals surface area contributed by atoms with Crippen molar-refractivity contribution >= 4 is 0 Å². The van der Waals surface area contributed by atoms with Crippen molar-refractivity contribution in [1.82, 2.24) is 4.90 Å². The fourth-order valence-corrected chi connectivity index (χ4v) is 3.20. The minimum atomic E-state index is 0.119. The molecule has 0 bridgehead atoms. The van der Waals surface area contributed by atoms with Crippen molar-refractivity contribution in [2.24, 2.45) is 5.73 Å². The van der Waals surface area contributed by atoms with Crippen LogP contribution in [0.5, 0.6) is 0 Å². The van der Waals surface area contributed by atoms with Gasteiger partial charge in [0, 0.05) is 25.2 Å². The second-order valence-electron chi connectivity index (χ2n) is 6.23. The predicted molar refractivity (Wildman–Crippen MR) is 83.9 cm³/mol. The van der Waals surface area contributed by atoms with E-state index in [0.717, 1.165) is 26.0 Å². The van der Waals surface area contributed by atoms with E-state index in [-0.39, 0.29) is 6.04 Å². The van der Waals surface area contributed by atoms with Crippen molar-refractivity contribution in [2.75, 3.05) is 20.2 Å². The maximum atomic E-state index is 6.36. The Bertz CT molecular complexity index is 426. The standard InChI is InChI=1S/C17H28N2O/c1-12-9-13(2)11-15(10-12)16(18)5-7-19(4)17-6-8-20-14(17)3/h9-11,14,16-17H,5-8,18H2,1-4H3. The van der Waals surface area contributed by atoms with E-state index in [0.29, 0.717) is 12.1 Å². The van der Waals surface area contributed by atoms with Crippen LogP contribution in [0, 0.1) is 13.8 Å². The Labute approximate surface area is 123 Å². The van der Waals surface area contributed by atoms with E-state index in [4.69, 9.17) is 10.5 Å². The summed E-state index contributed by atoms with van der Waals surface area (Å²) in [5, 5.41) is 0. The Morgan fingerprint density at radius 1 is 1.30 bits per heavy atom. The minimum Gasteiger partial charge on any atom is -0.377 e. The van der Waals surface area contributed by atoms with Gasteiger partial charge in [-0.1, -0.05) is 29.3 Å². The van der Waals surface area contributed by atoms with Crippen molar-refractivity contribution < 1.29 is 4.74 Å². The van der Waals surface area contributed by atoms with Crippen LogP contribution in [-0.4, -0.2) is 37.2 Å². The van der Waals surface area contributed by atoms with Gasteiger partial charge in [-0.15, -0.1) is 0 Å². The zero-order valence-corrected chi connectivity index (χ0v) is 13.2. The smallest absolute Gasteiger partial charge is 0.0702 e. The summed E-state index contributed by atoms with van der Waals surface area (Å²) in [5.74, 6) is 0. The summed E-state index contributed by atoms with van der Waals surface area (Å²) < 4.78 is 5.64. The molecule has 1 aliphatic heterocycles. The molecule has 3 unspecified atom stereocenters. The summed E-state index contributed by atoms with van der Waals surface area (Å²) >= 11 is 0. The summed E-state index contributed by atoms with van der Waals surface area (Å²) in [6, 6.07) is 7.27. The van der Waals surface area contributed by atoms with Crippen LogP contribution in [0.1, 0.15) is 42.5 Å². The number of aryl methyl sites for hydroxylation is 2. The Balaban J connectivity index is 1.89. The van der Waals surface area contributed by atoms with E-state index in [1.165, 1.54) is 16.7 Å². The molecule has 0 radical (unpaired) electrons. The largest absolute Gasteiger partial charge is 0.377 e. The van der Waals surface area contributed by atoms with Gasteiger partial charge in [0.05, 0.1) is 6.10 Å². The molecule has 3 heteroatoms. The van der Waals surface area contributed by atoms with Gasteiger partial charge in [-0.2, -0.15) is 0 Å². The third-order valence-electron chi connectivity index (χ3n) is 4.37. The molecule has 0 saturated carbocycles. The number of rotatable bonds is 5. The minimum absolute atomic E-state index is 0.119. The lowest BCUT2D eigenvalue weighted by molar-refractivity contribution is 0.0827. The van der Waals surface area contributed by atoms with Crippen LogP contribution >= 0.6 is 0 Å². The average molecular weight is 276 g/mol. The van der Waals surface area contributed by atoms with Crippen LogP contribution in [0.4, 0.5) is 0 Å². The number of hydrogen-bond acceptors (Lipinski definition) is 3. The Morgan fingerprint density at radius 3 is 2.50 bits per heavy atom. The maximum absolute atomic E-state index is 6.36. The van der Waals surface area contributed by atoms with Crippen LogP contribution in [0.15, 0.2) is 18.2 Å². The van der Waals surface area contributed by atoms with Crippen molar-refractivity contribution in [1.29, 1.82) is 0 Å². The van der Waals surface area contributed by atoms with Crippen LogP contribution in [-0.2, 0) is 4.74 Å². The van der Waals surface area contributed by atoms with Gasteiger partial charge in [0.15, 0.2) is 0 Å². The molecular weight excluding hydrogens is 248 g/mol. The van der Waals surface area contributed by atoms with Gasteiger partial charge in [0.2, 0.25) is 0 Å². The molecular formula is C17H28N2O. The molecule has 112 valence electrons. The van der Waals surface area contributed by atoms with Gasteiger partial charge in [-0.3, -0.25) is 0 Å². The number of likely N-dealkylation sites (N-methyl/N-ethyl adjacent to an activating group) is 1. The molecule has 2 rings (SSSR count). The summed E-state index contributed by atoms with van der Waals surface area (Å²) in [7, 11) is 2.18. The molecule has 3 nitrogen and oxygen atoms in total. The summed E-state index contributed by atoms with van der Waals surface area (Å²) in [4.78, 5) is 2.40. The normalized spacial score (nSPS) is 24.3. The Kier molecular flexibility index (Phi) is 5.19.